The third-order valence-electron chi connectivity index (χ3n) is 5.44. The molecule has 0 unspecified atom stereocenters. The monoisotopic (exact) mass is 328 g/mol. The Balaban J connectivity index is 1.77. The minimum atomic E-state index is -0.264. The first-order chi connectivity index (χ1) is 11.5. The molecule has 2 aromatic rings. The summed E-state index contributed by atoms with van der Waals surface area (Å²) in [6.45, 7) is 6.38. The lowest BCUT2D eigenvalue weighted by Gasteiger charge is -2.34. The molecule has 1 saturated carbocycles. The molecule has 0 saturated heterocycles. The van der Waals surface area contributed by atoms with Crippen molar-refractivity contribution in [1.29, 1.82) is 0 Å². The van der Waals surface area contributed by atoms with Crippen LogP contribution in [0.3, 0.4) is 0 Å². The van der Waals surface area contributed by atoms with Gasteiger partial charge in [0.15, 0.2) is 0 Å². The van der Waals surface area contributed by atoms with E-state index in [9.17, 15) is 9.18 Å². The summed E-state index contributed by atoms with van der Waals surface area (Å²) in [5, 5.41) is 3.21. The fourth-order valence-electron chi connectivity index (χ4n) is 3.61. The smallest absolute Gasteiger partial charge is 0.253 e. The second-order valence-corrected chi connectivity index (χ2v) is 7.08. The number of amides is 1. The van der Waals surface area contributed by atoms with E-state index in [4.69, 9.17) is 0 Å². The molecule has 1 fully saturated rings. The first kappa shape index (κ1) is 16.7. The SMILES string of the molecule is Cc1[nH]c(-c2ccc(F)cc2)cc1C(=O)N[C@@H]1CCC[C@@H](C)[C@H]1C. The van der Waals surface area contributed by atoms with Crippen molar-refractivity contribution in [2.45, 2.75) is 46.1 Å². The van der Waals surface area contributed by atoms with Crippen molar-refractivity contribution in [2.24, 2.45) is 11.8 Å². The summed E-state index contributed by atoms with van der Waals surface area (Å²) in [6.07, 6.45) is 3.46. The topological polar surface area (TPSA) is 44.9 Å². The van der Waals surface area contributed by atoms with E-state index in [1.165, 1.54) is 25.0 Å². The van der Waals surface area contributed by atoms with Crippen LogP contribution in [0.2, 0.25) is 0 Å². The summed E-state index contributed by atoms with van der Waals surface area (Å²) in [5.74, 6) is 0.855. The normalized spacial score (nSPS) is 23.9. The standard InChI is InChI=1S/C20H25FN2O/c1-12-5-4-6-18(13(12)2)23-20(24)17-11-19(22-14(17)3)15-7-9-16(21)10-8-15/h7-13,18,22H,4-6H2,1-3H3,(H,23,24)/t12-,13-,18-/m1/s1. The predicted octanol–water partition coefficient (Wildman–Crippen LogP) is 4.68. The van der Waals surface area contributed by atoms with Gasteiger partial charge in [-0.3, -0.25) is 4.79 Å². The molecular formula is C20H25FN2O. The van der Waals surface area contributed by atoms with Crippen molar-refractivity contribution < 1.29 is 9.18 Å². The van der Waals surface area contributed by atoms with Crippen molar-refractivity contribution >= 4 is 5.91 Å². The fourth-order valence-corrected chi connectivity index (χ4v) is 3.61. The van der Waals surface area contributed by atoms with E-state index in [2.05, 4.69) is 24.1 Å². The lowest BCUT2D eigenvalue weighted by Crippen LogP contribution is -2.43. The number of aryl methyl sites for hydroxylation is 1. The van der Waals surface area contributed by atoms with Gasteiger partial charge >= 0.3 is 0 Å². The molecule has 128 valence electrons. The Morgan fingerprint density at radius 2 is 1.92 bits per heavy atom. The van der Waals surface area contributed by atoms with Crippen LogP contribution in [-0.4, -0.2) is 16.9 Å². The Morgan fingerprint density at radius 3 is 2.62 bits per heavy atom. The van der Waals surface area contributed by atoms with Gasteiger partial charge in [-0.2, -0.15) is 0 Å². The third-order valence-corrected chi connectivity index (χ3v) is 5.44. The van der Waals surface area contributed by atoms with Crippen LogP contribution >= 0.6 is 0 Å². The number of hydrogen-bond acceptors (Lipinski definition) is 1. The molecule has 0 radical (unpaired) electrons. The number of carbonyl (C=O) groups excluding carboxylic acids is 1. The van der Waals surface area contributed by atoms with Crippen LogP contribution in [0.1, 0.15) is 49.2 Å². The second-order valence-electron chi connectivity index (χ2n) is 7.08. The summed E-state index contributed by atoms with van der Waals surface area (Å²) in [4.78, 5) is 15.9. The molecule has 2 N–H and O–H groups in total. The zero-order valence-electron chi connectivity index (χ0n) is 14.5. The van der Waals surface area contributed by atoms with Crippen LogP contribution in [-0.2, 0) is 0 Å². The Kier molecular flexibility index (Phi) is 4.74. The molecule has 1 amide bonds. The highest BCUT2D eigenvalue weighted by Gasteiger charge is 2.29. The highest BCUT2D eigenvalue weighted by Crippen LogP contribution is 2.30. The summed E-state index contributed by atoms with van der Waals surface area (Å²) in [5.41, 5.74) is 3.21. The number of rotatable bonds is 3. The highest BCUT2D eigenvalue weighted by molar-refractivity contribution is 5.97. The van der Waals surface area contributed by atoms with Gasteiger partial charge in [0.25, 0.3) is 5.91 Å². The molecule has 1 heterocycles. The number of halogens is 1. The van der Waals surface area contributed by atoms with E-state index in [-0.39, 0.29) is 17.8 Å². The van der Waals surface area contributed by atoms with Crippen LogP contribution in [0.25, 0.3) is 11.3 Å². The van der Waals surface area contributed by atoms with Crippen molar-refractivity contribution in [1.82, 2.24) is 10.3 Å². The van der Waals surface area contributed by atoms with Gasteiger partial charge in [-0.1, -0.05) is 26.7 Å². The zero-order chi connectivity index (χ0) is 17.3. The number of carbonyl (C=O) groups is 1. The van der Waals surface area contributed by atoms with Gasteiger partial charge in [0, 0.05) is 17.4 Å². The number of benzene rings is 1. The van der Waals surface area contributed by atoms with Gasteiger partial charge in [-0.15, -0.1) is 0 Å². The van der Waals surface area contributed by atoms with Crippen LogP contribution in [0, 0.1) is 24.6 Å². The van der Waals surface area contributed by atoms with Crippen molar-refractivity contribution in [3.63, 3.8) is 0 Å². The third kappa shape index (κ3) is 3.37. The van der Waals surface area contributed by atoms with Gasteiger partial charge < -0.3 is 10.3 Å². The summed E-state index contributed by atoms with van der Waals surface area (Å²) in [7, 11) is 0. The Hall–Kier alpha value is -2.10. The molecular weight excluding hydrogens is 303 g/mol. The number of aromatic nitrogens is 1. The first-order valence-electron chi connectivity index (χ1n) is 8.72. The molecule has 0 aliphatic heterocycles. The molecule has 3 nitrogen and oxygen atoms in total. The lowest BCUT2D eigenvalue weighted by atomic mass is 9.78. The van der Waals surface area contributed by atoms with Gasteiger partial charge in [-0.05, 0) is 61.1 Å². The molecule has 4 heteroatoms. The van der Waals surface area contributed by atoms with E-state index < -0.39 is 0 Å². The van der Waals surface area contributed by atoms with Crippen molar-refractivity contribution in [3.8, 4) is 11.3 Å². The van der Waals surface area contributed by atoms with Crippen molar-refractivity contribution in [3.05, 3.63) is 47.4 Å². The van der Waals surface area contributed by atoms with E-state index in [1.807, 2.05) is 13.0 Å². The summed E-state index contributed by atoms with van der Waals surface area (Å²) < 4.78 is 13.1. The number of nitrogens with one attached hydrogen (secondary N) is 2. The second kappa shape index (κ2) is 6.80. The zero-order valence-corrected chi connectivity index (χ0v) is 14.5. The van der Waals surface area contributed by atoms with Gasteiger partial charge in [0.1, 0.15) is 5.82 Å². The number of hydrogen-bond donors (Lipinski definition) is 2. The maximum atomic E-state index is 13.1. The molecule has 0 spiro atoms. The maximum Gasteiger partial charge on any atom is 0.253 e. The average Bonchev–Trinajstić information content (AvgIpc) is 2.94. The van der Waals surface area contributed by atoms with E-state index in [1.54, 1.807) is 12.1 Å². The Labute approximate surface area is 142 Å². The minimum absolute atomic E-state index is 0.0249. The quantitative estimate of drug-likeness (QED) is 0.844. The van der Waals surface area contributed by atoms with E-state index in [0.717, 1.165) is 23.4 Å². The van der Waals surface area contributed by atoms with Crippen LogP contribution < -0.4 is 5.32 Å². The average molecular weight is 328 g/mol. The molecule has 1 aromatic heterocycles. The van der Waals surface area contributed by atoms with E-state index >= 15 is 0 Å². The number of H-pyrrole nitrogens is 1. The van der Waals surface area contributed by atoms with Gasteiger partial charge in [0.05, 0.1) is 5.56 Å². The summed E-state index contributed by atoms with van der Waals surface area (Å²) in [6, 6.07) is 8.38. The summed E-state index contributed by atoms with van der Waals surface area (Å²) >= 11 is 0. The Bertz CT molecular complexity index is 720. The molecule has 1 aliphatic carbocycles. The fraction of sp³-hybridized carbons (Fsp3) is 0.450. The minimum Gasteiger partial charge on any atom is -0.358 e. The van der Waals surface area contributed by atoms with E-state index in [0.29, 0.717) is 17.4 Å². The number of aromatic amines is 1. The Morgan fingerprint density at radius 1 is 1.21 bits per heavy atom. The first-order valence-corrected chi connectivity index (χ1v) is 8.72. The van der Waals surface area contributed by atoms with Crippen LogP contribution in [0.15, 0.2) is 30.3 Å². The van der Waals surface area contributed by atoms with Gasteiger partial charge in [0.2, 0.25) is 0 Å². The molecule has 0 bridgehead atoms. The maximum absolute atomic E-state index is 13.1. The molecule has 24 heavy (non-hydrogen) atoms. The van der Waals surface area contributed by atoms with Gasteiger partial charge in [-0.25, -0.2) is 4.39 Å². The lowest BCUT2D eigenvalue weighted by molar-refractivity contribution is 0.0890. The predicted molar refractivity (Wildman–Crippen MR) is 94.4 cm³/mol. The molecule has 3 rings (SSSR count). The molecule has 1 aromatic carbocycles. The highest BCUT2D eigenvalue weighted by atomic mass is 19.1. The molecule has 1 aliphatic rings. The largest absolute Gasteiger partial charge is 0.358 e. The van der Waals surface area contributed by atoms with Crippen molar-refractivity contribution in [2.75, 3.05) is 0 Å². The van der Waals surface area contributed by atoms with Crippen LogP contribution in [0.5, 0.6) is 0 Å². The van der Waals surface area contributed by atoms with Crippen LogP contribution in [0.4, 0.5) is 4.39 Å². The molecule has 3 atom stereocenters.